The number of hydrogen-bond acceptors (Lipinski definition) is 9. The van der Waals surface area contributed by atoms with Crippen LogP contribution in [0.4, 0.5) is 96.5 Å². The average Bonchev–Trinajstić information content (AvgIpc) is 1.43. The molecule has 0 spiro atoms. The molecule has 3 aliphatic heterocycles. The maximum Gasteiger partial charge on any atom is 0.433 e. The van der Waals surface area contributed by atoms with Gasteiger partial charge in [-0.2, -0.15) is 94.3 Å². The molecule has 3 aromatic carbocycles. The van der Waals surface area contributed by atoms with Gasteiger partial charge in [-0.3, -0.25) is 28.8 Å². The number of rotatable bonds is 7. The van der Waals surface area contributed by atoms with Gasteiger partial charge in [-0.25, -0.2) is 15.0 Å². The molecule has 3 aliphatic carbocycles. The van der Waals surface area contributed by atoms with Gasteiger partial charge < -0.3 is 0 Å². The van der Waals surface area contributed by atoms with Crippen molar-refractivity contribution in [2.24, 2.45) is 49.0 Å². The number of H-pyrrole nitrogens is 1. The van der Waals surface area contributed by atoms with Crippen LogP contribution in [0.2, 0.25) is 0 Å². The van der Waals surface area contributed by atoms with Crippen LogP contribution in [0.1, 0.15) is 151 Å². The van der Waals surface area contributed by atoms with Crippen molar-refractivity contribution in [2.45, 2.75) is 134 Å². The minimum absolute atomic E-state index is 0.0348. The highest BCUT2D eigenvalue weighted by Gasteiger charge is 2.59. The highest BCUT2D eigenvalue weighted by atomic mass is 19.4. The van der Waals surface area contributed by atoms with Crippen LogP contribution in [0.3, 0.4) is 0 Å². The molecule has 3 aromatic heterocycles. The van der Waals surface area contributed by atoms with Crippen LogP contribution >= 0.6 is 0 Å². The van der Waals surface area contributed by atoms with Gasteiger partial charge in [-0.05, 0) is 70.4 Å². The molecule has 1 N–H and O–H groups in total. The highest BCUT2D eigenvalue weighted by Crippen LogP contribution is 2.59. The topological polar surface area (TPSA) is 153 Å². The van der Waals surface area contributed by atoms with Crippen molar-refractivity contribution in [1.29, 1.82) is 0 Å². The van der Waals surface area contributed by atoms with Crippen LogP contribution in [-0.2, 0) is 64.5 Å². The third kappa shape index (κ3) is 10.5. The zero-order chi connectivity index (χ0) is 65.3. The minimum atomic E-state index is -5.61. The van der Waals surface area contributed by atoms with Gasteiger partial charge >= 0.3 is 37.1 Å². The second-order valence-electron chi connectivity index (χ2n) is 25.5. The average molecular weight is 1280 g/mol. The Morgan fingerprint density at radius 1 is 0.411 bits per heavy atom. The van der Waals surface area contributed by atoms with Gasteiger partial charge in [0.05, 0.1) is 34.4 Å². The highest BCUT2D eigenvalue weighted by molar-refractivity contribution is 6.13. The third-order valence-electron chi connectivity index (χ3n) is 17.9. The summed E-state index contributed by atoms with van der Waals surface area (Å²) in [5.41, 5.74) is -19.9. The van der Waals surface area contributed by atoms with E-state index in [0.717, 1.165) is 54.6 Å². The summed E-state index contributed by atoms with van der Waals surface area (Å²) in [4.78, 5) is 56.8. The van der Waals surface area contributed by atoms with Gasteiger partial charge in [-0.1, -0.05) is 82.3 Å². The van der Waals surface area contributed by atoms with Crippen molar-refractivity contribution in [2.75, 3.05) is 0 Å². The number of halogens is 18. The van der Waals surface area contributed by atoms with Crippen molar-refractivity contribution in [3.05, 3.63) is 140 Å². The lowest BCUT2D eigenvalue weighted by atomic mass is 9.62. The Kier molecular flexibility index (Phi) is 14.0. The van der Waals surface area contributed by atoms with Crippen molar-refractivity contribution in [1.82, 2.24) is 29.8 Å². The van der Waals surface area contributed by atoms with E-state index < -0.39 is 235 Å². The Balaban J connectivity index is 0.977. The number of alkyl halides is 18. The monoisotopic (exact) mass is 1280 g/mol. The smallest absolute Gasteiger partial charge is 0.299 e. The quantitative estimate of drug-likeness (QED) is 0.157. The Morgan fingerprint density at radius 2 is 0.744 bits per heavy atom. The number of nitrogens with one attached hydrogen (secondary N) is 1. The zero-order valence-corrected chi connectivity index (χ0v) is 47.2. The first-order valence-electron chi connectivity index (χ1n) is 27.9. The number of aromatic amines is 1. The van der Waals surface area contributed by atoms with E-state index >= 15 is 44.3 Å². The molecule has 6 aromatic rings. The Bertz CT molecular complexity index is 4100. The number of Topliss-reactive ketones (excluding diaryl/α,β-unsaturated/α-hetero) is 3. The lowest BCUT2D eigenvalue weighted by Gasteiger charge is -2.43. The molecular formula is C60H47F18N9O3. The predicted molar refractivity (Wildman–Crippen MR) is 282 cm³/mol. The number of carbonyl (C=O) groups excluding carboxylic acids is 3. The number of aliphatic imine (C=N–C) groups is 3. The van der Waals surface area contributed by atoms with Crippen LogP contribution in [0.5, 0.6) is 0 Å². The molecule has 6 aliphatic rings. The standard InChI is InChI=1S/C60H47F18N9O3/c1-52(2)17-31-40(34(88)20-52)38(26-12-6-9-15-29(26)56(64,65)66)44-47(59(73,74)75)86(84-50(44)80-31)24-54(4)19-33-42(36(90)22-54)39(27-13-7-10-16-30(27)57(67,68)69)45-48(60(76,77)78)87(85-51(45)81-33)23-53(3)18-32-41(35(89)21-53)37(25-11-5-8-14-28(25)55(61,62)63)43-46(58(70,71)72)82-83-49(43)79-32/h5-16,37-42H,17-24H2,1-4H3,(H,82,83). The molecule has 12 rings (SSSR count). The van der Waals surface area contributed by atoms with E-state index in [9.17, 15) is 49.1 Å². The molecule has 0 saturated heterocycles. The van der Waals surface area contributed by atoms with Crippen molar-refractivity contribution in [3.63, 3.8) is 0 Å². The second-order valence-corrected chi connectivity index (χ2v) is 25.5. The van der Waals surface area contributed by atoms with Crippen LogP contribution in [0, 0.1) is 34.0 Å². The number of hydrogen-bond donors (Lipinski definition) is 1. The van der Waals surface area contributed by atoms with E-state index in [1.54, 1.807) is 18.9 Å². The largest absolute Gasteiger partial charge is 0.433 e. The molecule has 12 nitrogen and oxygen atoms in total. The number of ketones is 3. The van der Waals surface area contributed by atoms with Gasteiger partial charge in [-0.15, -0.1) is 0 Å². The van der Waals surface area contributed by atoms with Gasteiger partial charge in [0.15, 0.2) is 17.5 Å². The van der Waals surface area contributed by atoms with Crippen LogP contribution in [-0.4, -0.2) is 64.2 Å². The Hall–Kier alpha value is -7.95. The lowest BCUT2D eigenvalue weighted by Crippen LogP contribution is -2.46. The van der Waals surface area contributed by atoms with E-state index in [-0.39, 0.29) is 28.9 Å². The van der Waals surface area contributed by atoms with Crippen molar-refractivity contribution >= 4 is 51.9 Å². The summed E-state index contributed by atoms with van der Waals surface area (Å²) in [6.45, 7) is 3.85. The van der Waals surface area contributed by atoms with E-state index in [0.29, 0.717) is 22.9 Å². The van der Waals surface area contributed by atoms with E-state index in [1.165, 1.54) is 13.8 Å². The summed E-state index contributed by atoms with van der Waals surface area (Å²) in [7, 11) is 0. The number of benzene rings is 3. The summed E-state index contributed by atoms with van der Waals surface area (Å²) in [5.74, 6) is -17.0. The molecule has 0 amide bonds. The fraction of sp³-hybridized carbons (Fsp3) is 0.450. The fourth-order valence-corrected chi connectivity index (χ4v) is 14.9. The Labute approximate surface area is 496 Å². The maximum atomic E-state index is 16.2. The molecular weight excluding hydrogens is 1240 g/mol. The predicted octanol–water partition coefficient (Wildman–Crippen LogP) is 15.9. The number of fused-ring (bicyclic) bond motifs is 6. The molecule has 476 valence electrons. The van der Waals surface area contributed by atoms with Crippen LogP contribution < -0.4 is 0 Å². The molecule has 30 heteroatoms. The fourth-order valence-electron chi connectivity index (χ4n) is 14.9. The molecule has 0 bridgehead atoms. The van der Waals surface area contributed by atoms with Crippen LogP contribution in [0.25, 0.3) is 0 Å². The van der Waals surface area contributed by atoms with E-state index in [4.69, 9.17) is 0 Å². The second kappa shape index (κ2) is 20.3. The molecule has 6 heterocycles. The minimum Gasteiger partial charge on any atom is -0.299 e. The van der Waals surface area contributed by atoms with Crippen molar-refractivity contribution in [3.8, 4) is 0 Å². The molecule has 3 saturated carbocycles. The van der Waals surface area contributed by atoms with Crippen molar-refractivity contribution < 1.29 is 93.4 Å². The first kappa shape index (κ1) is 62.3. The first-order valence-corrected chi connectivity index (χ1v) is 27.9. The third-order valence-corrected chi connectivity index (χ3v) is 17.9. The van der Waals surface area contributed by atoms with Gasteiger partial charge in [0.2, 0.25) is 0 Å². The molecule has 90 heavy (non-hydrogen) atoms. The summed E-state index contributed by atoms with van der Waals surface area (Å²) in [5, 5.41) is 13.8. The summed E-state index contributed by atoms with van der Waals surface area (Å²) in [6, 6.07) is 10.6. The summed E-state index contributed by atoms with van der Waals surface area (Å²) in [6.07, 6.45) is -35.3. The number of aromatic nitrogens is 6. The van der Waals surface area contributed by atoms with Crippen LogP contribution in [0.15, 0.2) is 87.8 Å². The summed E-state index contributed by atoms with van der Waals surface area (Å²) < 4.78 is 275. The molecule has 3 fully saturated rings. The zero-order valence-electron chi connectivity index (χ0n) is 47.2. The molecule has 8 unspecified atom stereocenters. The van der Waals surface area contributed by atoms with E-state index in [2.05, 4.69) is 30.3 Å². The molecule has 8 atom stereocenters. The van der Waals surface area contributed by atoms with E-state index in [1.807, 2.05) is 0 Å². The van der Waals surface area contributed by atoms with Gasteiger partial charge in [0, 0.05) is 83.9 Å². The maximum absolute atomic E-state index is 16.2. The SMILES string of the molecule is CC1(C)CC(=O)C2C(=Nc3nn(CC4(C)CC(=O)C5C(=Nc6nn(CC7(C)CC(=O)C8C(=Nc9n[nH]c(C(F)(F)F)c9C8c8ccccc8C(F)(F)F)C7)c(C(F)(F)F)c6C5c5ccccc5C(F)(F)F)C4)c(C(F)(F)F)c3C2c2ccccc2C(F)(F)F)C1. The summed E-state index contributed by atoms with van der Waals surface area (Å²) >= 11 is 0. The number of nitrogens with zero attached hydrogens (tertiary/aromatic N) is 8. The Morgan fingerprint density at radius 3 is 1.10 bits per heavy atom. The van der Waals surface area contributed by atoms with Gasteiger partial charge in [0.1, 0.15) is 34.4 Å². The first-order chi connectivity index (χ1) is 41.6. The number of carbonyl (C=O) groups is 3. The van der Waals surface area contributed by atoms with Gasteiger partial charge in [0.25, 0.3) is 0 Å². The molecule has 0 radical (unpaired) electrons. The lowest BCUT2D eigenvalue weighted by molar-refractivity contribution is -0.147. The normalized spacial score (nSPS) is 26.2.